The minimum atomic E-state index is -4.38. The summed E-state index contributed by atoms with van der Waals surface area (Å²) < 4.78 is 38.0. The summed E-state index contributed by atoms with van der Waals surface area (Å²) in [7, 11) is 0. The molecule has 0 radical (unpaired) electrons. The third kappa shape index (κ3) is 2.93. The molecule has 0 saturated carbocycles. The lowest BCUT2D eigenvalue weighted by Gasteiger charge is -2.10. The number of hydrazone groups is 1. The maximum Gasteiger partial charge on any atom is 0.416 e. The third-order valence-electron chi connectivity index (χ3n) is 2.64. The Morgan fingerprint density at radius 2 is 1.53 bits per heavy atom. The van der Waals surface area contributed by atoms with E-state index in [4.69, 9.17) is 5.84 Å². The van der Waals surface area contributed by atoms with Crippen molar-refractivity contribution < 1.29 is 13.2 Å². The van der Waals surface area contributed by atoms with Crippen LogP contribution < -0.4 is 5.84 Å². The molecule has 5 heteroatoms. The average Bonchev–Trinajstić information content (AvgIpc) is 2.40. The van der Waals surface area contributed by atoms with Crippen molar-refractivity contribution in [2.45, 2.75) is 6.18 Å². The molecular formula is C14H11F3N2. The molecule has 0 aliphatic carbocycles. The second kappa shape index (κ2) is 5.14. The average molecular weight is 264 g/mol. The highest BCUT2D eigenvalue weighted by atomic mass is 19.4. The maximum atomic E-state index is 12.7. The van der Waals surface area contributed by atoms with E-state index in [1.165, 1.54) is 6.07 Å². The van der Waals surface area contributed by atoms with Gasteiger partial charge in [0.05, 0.1) is 11.3 Å². The molecule has 2 aromatic carbocycles. The highest BCUT2D eigenvalue weighted by Gasteiger charge is 2.30. The summed E-state index contributed by atoms with van der Waals surface area (Å²) in [5, 5.41) is 3.60. The van der Waals surface area contributed by atoms with Gasteiger partial charge in [-0.15, -0.1) is 0 Å². The van der Waals surface area contributed by atoms with Crippen LogP contribution in [-0.2, 0) is 6.18 Å². The van der Waals surface area contributed by atoms with Crippen molar-refractivity contribution in [3.63, 3.8) is 0 Å². The van der Waals surface area contributed by atoms with Gasteiger partial charge in [0, 0.05) is 11.1 Å². The first-order valence-electron chi connectivity index (χ1n) is 5.53. The number of nitrogens with zero attached hydrogens (tertiary/aromatic N) is 1. The lowest BCUT2D eigenvalue weighted by molar-refractivity contribution is -0.137. The Hall–Kier alpha value is -2.30. The lowest BCUT2D eigenvalue weighted by Crippen LogP contribution is -2.10. The van der Waals surface area contributed by atoms with Crippen molar-refractivity contribution in [2.24, 2.45) is 10.9 Å². The number of alkyl halides is 3. The van der Waals surface area contributed by atoms with Crippen LogP contribution in [0.1, 0.15) is 16.7 Å². The molecule has 2 aromatic rings. The zero-order chi connectivity index (χ0) is 13.9. The van der Waals surface area contributed by atoms with E-state index in [0.29, 0.717) is 16.8 Å². The molecule has 0 saturated heterocycles. The first-order valence-corrected chi connectivity index (χ1v) is 5.53. The van der Waals surface area contributed by atoms with Gasteiger partial charge in [0.1, 0.15) is 0 Å². The molecule has 0 bridgehead atoms. The van der Waals surface area contributed by atoms with Crippen LogP contribution in [0.4, 0.5) is 13.2 Å². The fraction of sp³-hybridized carbons (Fsp3) is 0.0714. The van der Waals surface area contributed by atoms with Crippen LogP contribution in [0.5, 0.6) is 0 Å². The second-order valence-corrected chi connectivity index (χ2v) is 3.92. The number of nitrogens with two attached hydrogens (primary N) is 1. The van der Waals surface area contributed by atoms with Crippen LogP contribution in [0.25, 0.3) is 0 Å². The number of benzene rings is 2. The van der Waals surface area contributed by atoms with Crippen LogP contribution in [0.15, 0.2) is 59.7 Å². The second-order valence-electron chi connectivity index (χ2n) is 3.92. The molecule has 0 aliphatic heterocycles. The Labute approximate surface area is 108 Å². The van der Waals surface area contributed by atoms with Gasteiger partial charge in [-0.3, -0.25) is 0 Å². The summed E-state index contributed by atoms with van der Waals surface area (Å²) in [6.07, 6.45) is -4.38. The zero-order valence-corrected chi connectivity index (χ0v) is 9.85. The number of hydrogen-bond donors (Lipinski definition) is 1. The highest BCUT2D eigenvalue weighted by molar-refractivity contribution is 6.12. The molecule has 2 nitrogen and oxygen atoms in total. The topological polar surface area (TPSA) is 38.4 Å². The Morgan fingerprint density at radius 1 is 0.895 bits per heavy atom. The van der Waals surface area contributed by atoms with Gasteiger partial charge < -0.3 is 5.84 Å². The summed E-state index contributed by atoms with van der Waals surface area (Å²) in [5.41, 5.74) is 0.613. The normalized spacial score (nSPS) is 12.5. The molecule has 98 valence electrons. The van der Waals surface area contributed by atoms with Crippen LogP contribution >= 0.6 is 0 Å². The molecule has 0 spiro atoms. The van der Waals surface area contributed by atoms with Crippen molar-refractivity contribution in [2.75, 3.05) is 0 Å². The van der Waals surface area contributed by atoms with Gasteiger partial charge in [0.15, 0.2) is 0 Å². The van der Waals surface area contributed by atoms with Crippen LogP contribution in [0.2, 0.25) is 0 Å². The molecule has 0 aliphatic rings. The molecule has 0 unspecified atom stereocenters. The maximum absolute atomic E-state index is 12.7. The van der Waals surface area contributed by atoms with Crippen molar-refractivity contribution in [3.8, 4) is 0 Å². The van der Waals surface area contributed by atoms with E-state index in [-0.39, 0.29) is 0 Å². The van der Waals surface area contributed by atoms with E-state index in [1.54, 1.807) is 30.3 Å². The number of rotatable bonds is 2. The van der Waals surface area contributed by atoms with E-state index in [0.717, 1.165) is 12.1 Å². The SMILES string of the molecule is N/N=C(/c1ccccc1)c1cccc(C(F)(F)F)c1. The smallest absolute Gasteiger partial charge is 0.323 e. The predicted molar refractivity (Wildman–Crippen MR) is 67.7 cm³/mol. The van der Waals surface area contributed by atoms with Gasteiger partial charge in [-0.25, -0.2) is 0 Å². The van der Waals surface area contributed by atoms with E-state index in [2.05, 4.69) is 5.10 Å². The molecule has 2 rings (SSSR count). The van der Waals surface area contributed by atoms with E-state index < -0.39 is 11.7 Å². The van der Waals surface area contributed by atoms with Crippen LogP contribution in [0, 0.1) is 0 Å². The van der Waals surface area contributed by atoms with Crippen molar-refractivity contribution in [3.05, 3.63) is 71.3 Å². The first kappa shape index (κ1) is 13.1. The van der Waals surface area contributed by atoms with Crippen molar-refractivity contribution >= 4 is 5.71 Å². The summed E-state index contributed by atoms with van der Waals surface area (Å²) in [6, 6.07) is 13.8. The van der Waals surface area contributed by atoms with Crippen LogP contribution in [0.3, 0.4) is 0 Å². The molecule has 0 aromatic heterocycles. The Balaban J connectivity index is 2.47. The summed E-state index contributed by atoms with van der Waals surface area (Å²) in [5.74, 6) is 5.30. The van der Waals surface area contributed by atoms with Gasteiger partial charge in [-0.05, 0) is 12.1 Å². The minimum Gasteiger partial charge on any atom is -0.323 e. The minimum absolute atomic E-state index is 0.326. The molecule has 0 heterocycles. The fourth-order valence-corrected chi connectivity index (χ4v) is 1.75. The third-order valence-corrected chi connectivity index (χ3v) is 2.64. The summed E-state index contributed by atoms with van der Waals surface area (Å²) in [6.45, 7) is 0. The molecule has 0 amide bonds. The van der Waals surface area contributed by atoms with Crippen molar-refractivity contribution in [1.29, 1.82) is 0 Å². The predicted octanol–water partition coefficient (Wildman–Crippen LogP) is 3.42. The number of halogens is 3. The van der Waals surface area contributed by atoms with E-state index >= 15 is 0 Å². The summed E-state index contributed by atoms with van der Waals surface area (Å²) >= 11 is 0. The summed E-state index contributed by atoms with van der Waals surface area (Å²) in [4.78, 5) is 0. The fourth-order valence-electron chi connectivity index (χ4n) is 1.75. The first-order chi connectivity index (χ1) is 9.02. The quantitative estimate of drug-likeness (QED) is 0.504. The van der Waals surface area contributed by atoms with Gasteiger partial charge >= 0.3 is 6.18 Å². The zero-order valence-electron chi connectivity index (χ0n) is 9.85. The Bertz CT molecular complexity index is 589. The Morgan fingerprint density at radius 3 is 2.11 bits per heavy atom. The molecule has 0 fully saturated rings. The highest BCUT2D eigenvalue weighted by Crippen LogP contribution is 2.30. The lowest BCUT2D eigenvalue weighted by atomic mass is 10.0. The van der Waals surface area contributed by atoms with Gasteiger partial charge in [0.2, 0.25) is 0 Å². The number of hydrogen-bond acceptors (Lipinski definition) is 2. The molecule has 2 N–H and O–H groups in total. The van der Waals surface area contributed by atoms with E-state index in [1.807, 2.05) is 6.07 Å². The largest absolute Gasteiger partial charge is 0.416 e. The van der Waals surface area contributed by atoms with Gasteiger partial charge in [0.25, 0.3) is 0 Å². The Kier molecular flexibility index (Phi) is 3.55. The van der Waals surface area contributed by atoms with Crippen molar-refractivity contribution in [1.82, 2.24) is 0 Å². The monoisotopic (exact) mass is 264 g/mol. The van der Waals surface area contributed by atoms with Crippen LogP contribution in [-0.4, -0.2) is 5.71 Å². The van der Waals surface area contributed by atoms with E-state index in [9.17, 15) is 13.2 Å². The standard InChI is InChI=1S/C14H11F3N2/c15-14(16,17)12-8-4-7-11(9-12)13(19-18)10-5-2-1-3-6-10/h1-9H,18H2/b19-13-. The van der Waals surface area contributed by atoms with Gasteiger partial charge in [-0.1, -0.05) is 42.5 Å². The van der Waals surface area contributed by atoms with Gasteiger partial charge in [-0.2, -0.15) is 18.3 Å². The molecular weight excluding hydrogens is 253 g/mol. The molecule has 0 atom stereocenters. The molecule has 19 heavy (non-hydrogen) atoms.